The van der Waals surface area contributed by atoms with Crippen molar-refractivity contribution in [1.29, 1.82) is 0 Å². The Morgan fingerprint density at radius 1 is 0.481 bits per heavy atom. The fourth-order valence-electron chi connectivity index (χ4n) is 3.49. The van der Waals surface area contributed by atoms with E-state index in [1.165, 1.54) is 27.7 Å². The summed E-state index contributed by atoms with van der Waals surface area (Å²) in [6.45, 7) is 9.45. The minimum atomic E-state index is -5.56. The molecule has 0 N–H and O–H groups in total. The summed E-state index contributed by atoms with van der Waals surface area (Å²) < 4.78 is 85.5. The van der Waals surface area contributed by atoms with Crippen LogP contribution in [-0.4, -0.2) is 12.4 Å². The Kier molecular flexibility index (Phi) is 5.19. The molecule has 0 bridgehead atoms. The molecule has 0 fully saturated rings. The Labute approximate surface area is 155 Å². The first-order valence-electron chi connectivity index (χ1n) is 8.44. The summed E-state index contributed by atoms with van der Waals surface area (Å²) in [6, 6.07) is 4.03. The van der Waals surface area contributed by atoms with E-state index < -0.39 is 28.9 Å². The lowest BCUT2D eigenvalue weighted by Gasteiger charge is -2.39. The highest BCUT2D eigenvalue weighted by Gasteiger charge is 2.72. The number of hydrogen-bond donors (Lipinski definition) is 0. The van der Waals surface area contributed by atoms with Gasteiger partial charge in [-0.1, -0.05) is 24.3 Å². The minimum absolute atomic E-state index is 0.392. The van der Waals surface area contributed by atoms with Gasteiger partial charge in [0.25, 0.3) is 0 Å². The van der Waals surface area contributed by atoms with Crippen molar-refractivity contribution in [2.24, 2.45) is 0 Å². The first-order valence-corrected chi connectivity index (χ1v) is 8.44. The van der Waals surface area contributed by atoms with E-state index in [0.717, 1.165) is 24.3 Å². The molecule has 2 aromatic carbocycles. The molecule has 6 heteroatoms. The summed E-state index contributed by atoms with van der Waals surface area (Å²) in [5.74, 6) is 0. The molecule has 0 spiro atoms. The summed E-state index contributed by atoms with van der Waals surface area (Å²) in [4.78, 5) is 0. The second-order valence-electron chi connectivity index (χ2n) is 7.22. The van der Waals surface area contributed by atoms with E-state index >= 15 is 0 Å². The lowest BCUT2D eigenvalue weighted by Crippen LogP contribution is -2.55. The molecule has 0 amide bonds. The molecule has 148 valence electrons. The third-order valence-electron chi connectivity index (χ3n) is 5.57. The number of halogens is 6. The number of alkyl halides is 6. The van der Waals surface area contributed by atoms with Gasteiger partial charge in [0, 0.05) is 0 Å². The average Bonchev–Trinajstić information content (AvgIpc) is 2.47. The fourth-order valence-corrected chi connectivity index (χ4v) is 3.49. The Hall–Kier alpha value is -1.98. The highest BCUT2D eigenvalue weighted by atomic mass is 19.4. The average molecular weight is 388 g/mol. The molecule has 0 aromatic heterocycles. The highest BCUT2D eigenvalue weighted by Crippen LogP contribution is 2.56. The number of aryl methyl sites for hydroxylation is 4. The van der Waals surface area contributed by atoms with Gasteiger partial charge in [-0.05, 0) is 86.1 Å². The SMILES string of the molecule is Cc1cc(C(c2cc(C)c(C)c(C)c2)(C(F)(F)F)C(F)(F)F)cc(C)c1C. The molecular weight excluding hydrogens is 366 g/mol. The summed E-state index contributed by atoms with van der Waals surface area (Å²) in [7, 11) is 0. The predicted molar refractivity (Wildman–Crippen MR) is 94.2 cm³/mol. The Morgan fingerprint density at radius 2 is 0.704 bits per heavy atom. The van der Waals surface area contributed by atoms with E-state index in [-0.39, 0.29) is 0 Å². The summed E-state index contributed by atoms with van der Waals surface area (Å²) in [5.41, 5.74) is -2.77. The van der Waals surface area contributed by atoms with Crippen LogP contribution in [-0.2, 0) is 5.41 Å². The second-order valence-corrected chi connectivity index (χ2v) is 7.22. The molecule has 2 rings (SSSR count). The highest BCUT2D eigenvalue weighted by molar-refractivity contribution is 5.51. The summed E-state index contributed by atoms with van der Waals surface area (Å²) in [6.07, 6.45) is -11.1. The normalized spacial score (nSPS) is 13.2. The Bertz CT molecular complexity index is 752. The molecule has 0 saturated carbocycles. The summed E-state index contributed by atoms with van der Waals surface area (Å²) in [5, 5.41) is 0. The van der Waals surface area contributed by atoms with Crippen molar-refractivity contribution in [3.63, 3.8) is 0 Å². The van der Waals surface area contributed by atoms with Crippen molar-refractivity contribution >= 4 is 0 Å². The molecule has 0 atom stereocenters. The van der Waals surface area contributed by atoms with Crippen LogP contribution in [0.4, 0.5) is 26.3 Å². The van der Waals surface area contributed by atoms with Gasteiger partial charge in [0.2, 0.25) is 5.41 Å². The molecule has 0 aliphatic carbocycles. The topological polar surface area (TPSA) is 0 Å². The van der Waals surface area contributed by atoms with Gasteiger partial charge >= 0.3 is 12.4 Å². The minimum Gasteiger partial charge on any atom is -0.169 e. The fraction of sp³-hybridized carbons (Fsp3) is 0.429. The molecule has 0 nitrogen and oxygen atoms in total. The molecule has 0 radical (unpaired) electrons. The van der Waals surface area contributed by atoms with Crippen molar-refractivity contribution < 1.29 is 26.3 Å². The molecule has 0 heterocycles. The van der Waals surface area contributed by atoms with Crippen LogP contribution in [0.25, 0.3) is 0 Å². The van der Waals surface area contributed by atoms with E-state index in [9.17, 15) is 26.3 Å². The molecule has 27 heavy (non-hydrogen) atoms. The maximum Gasteiger partial charge on any atom is 0.411 e. The molecular formula is C21H22F6. The van der Waals surface area contributed by atoms with Gasteiger partial charge in [-0.25, -0.2) is 0 Å². The summed E-state index contributed by atoms with van der Waals surface area (Å²) >= 11 is 0. The van der Waals surface area contributed by atoms with Gasteiger partial charge in [0.1, 0.15) is 0 Å². The maximum absolute atomic E-state index is 14.3. The van der Waals surface area contributed by atoms with Crippen LogP contribution in [0.2, 0.25) is 0 Å². The van der Waals surface area contributed by atoms with Gasteiger partial charge in [-0.2, -0.15) is 26.3 Å². The van der Waals surface area contributed by atoms with Crippen molar-refractivity contribution in [3.8, 4) is 0 Å². The maximum atomic E-state index is 14.3. The van der Waals surface area contributed by atoms with E-state index in [0.29, 0.717) is 33.4 Å². The van der Waals surface area contributed by atoms with Crippen LogP contribution in [0.15, 0.2) is 24.3 Å². The first-order chi connectivity index (χ1) is 12.1. The van der Waals surface area contributed by atoms with E-state index in [2.05, 4.69) is 0 Å². The van der Waals surface area contributed by atoms with Crippen LogP contribution in [0.3, 0.4) is 0 Å². The molecule has 0 saturated heterocycles. The van der Waals surface area contributed by atoms with Crippen molar-refractivity contribution in [2.45, 2.75) is 59.3 Å². The lowest BCUT2D eigenvalue weighted by atomic mass is 9.70. The Balaban J connectivity index is 3.06. The third-order valence-corrected chi connectivity index (χ3v) is 5.57. The zero-order chi connectivity index (χ0) is 20.9. The van der Waals surface area contributed by atoms with Crippen LogP contribution >= 0.6 is 0 Å². The van der Waals surface area contributed by atoms with Gasteiger partial charge in [-0.3, -0.25) is 0 Å². The number of hydrogen-bond acceptors (Lipinski definition) is 0. The monoisotopic (exact) mass is 388 g/mol. The number of benzene rings is 2. The standard InChI is InChI=1S/C21H22F6/c1-11-7-17(8-12(2)15(11)5)19(20(22,23)24,21(25,26)27)18-9-13(3)16(6)14(4)10-18/h7-10H,1-6H3. The van der Waals surface area contributed by atoms with E-state index in [1.807, 2.05) is 0 Å². The first kappa shape index (κ1) is 21.3. The van der Waals surface area contributed by atoms with Crippen molar-refractivity contribution in [1.82, 2.24) is 0 Å². The van der Waals surface area contributed by atoms with Gasteiger partial charge in [-0.15, -0.1) is 0 Å². The predicted octanol–water partition coefficient (Wildman–Crippen LogP) is 6.95. The van der Waals surface area contributed by atoms with Crippen LogP contribution in [0.1, 0.15) is 44.5 Å². The van der Waals surface area contributed by atoms with Gasteiger partial charge < -0.3 is 0 Å². The molecule has 0 unspecified atom stereocenters. The molecule has 2 aromatic rings. The third kappa shape index (κ3) is 3.23. The molecule has 0 aliphatic rings. The van der Waals surface area contributed by atoms with Crippen LogP contribution in [0, 0.1) is 41.5 Å². The lowest BCUT2D eigenvalue weighted by molar-refractivity contribution is -0.288. The van der Waals surface area contributed by atoms with E-state index in [4.69, 9.17) is 0 Å². The van der Waals surface area contributed by atoms with Crippen LogP contribution in [0.5, 0.6) is 0 Å². The van der Waals surface area contributed by atoms with Crippen molar-refractivity contribution in [2.75, 3.05) is 0 Å². The Morgan fingerprint density at radius 3 is 0.889 bits per heavy atom. The van der Waals surface area contributed by atoms with Gasteiger partial charge in [0.15, 0.2) is 0 Å². The second kappa shape index (κ2) is 6.57. The van der Waals surface area contributed by atoms with Crippen molar-refractivity contribution in [3.05, 3.63) is 68.8 Å². The zero-order valence-corrected chi connectivity index (χ0v) is 16.1. The smallest absolute Gasteiger partial charge is 0.169 e. The largest absolute Gasteiger partial charge is 0.411 e. The quantitative estimate of drug-likeness (QED) is 0.489. The van der Waals surface area contributed by atoms with Gasteiger partial charge in [0.05, 0.1) is 0 Å². The number of rotatable bonds is 2. The zero-order valence-electron chi connectivity index (χ0n) is 16.1. The van der Waals surface area contributed by atoms with Crippen LogP contribution < -0.4 is 0 Å². The molecule has 0 aliphatic heterocycles. The van der Waals surface area contributed by atoms with E-state index in [1.54, 1.807) is 13.8 Å².